The third-order valence-corrected chi connectivity index (χ3v) is 4.81. The summed E-state index contributed by atoms with van der Waals surface area (Å²) in [5.74, 6) is -1.22. The zero-order chi connectivity index (χ0) is 13.1. The number of nitrogens with one attached hydrogen (secondary N) is 1. The maximum Gasteiger partial charge on any atom is 0.415 e. The number of alkyl carbamates (subject to hydrolysis) is 1. The highest BCUT2D eigenvalue weighted by Crippen LogP contribution is 2.29. The molecule has 1 N–H and O–H groups in total. The summed E-state index contributed by atoms with van der Waals surface area (Å²) in [5.41, 5.74) is 0. The van der Waals surface area contributed by atoms with Gasteiger partial charge in [-0.3, -0.25) is 9.59 Å². The van der Waals surface area contributed by atoms with Crippen LogP contribution in [0, 0.1) is 5.92 Å². The molecule has 2 saturated heterocycles. The van der Waals surface area contributed by atoms with Crippen LogP contribution in [0.25, 0.3) is 0 Å². The normalized spacial score (nSPS) is 27.1. The molecule has 2 heterocycles. The van der Waals surface area contributed by atoms with Gasteiger partial charge in [0.1, 0.15) is 6.04 Å². The van der Waals surface area contributed by atoms with E-state index in [9.17, 15) is 19.2 Å². The first kappa shape index (κ1) is 13.2. The van der Waals surface area contributed by atoms with Crippen LogP contribution in [0.15, 0.2) is 0 Å². The zero-order valence-electron chi connectivity index (χ0n) is 9.04. The number of cyclic esters (lactones) is 4. The lowest BCUT2D eigenvalue weighted by atomic mass is 10.1. The molecule has 2 atom stereocenters. The van der Waals surface area contributed by atoms with Crippen molar-refractivity contribution in [3.63, 3.8) is 0 Å². The fourth-order valence-corrected chi connectivity index (χ4v) is 3.84. The van der Waals surface area contributed by atoms with E-state index in [4.69, 9.17) is 0 Å². The van der Waals surface area contributed by atoms with E-state index in [0.29, 0.717) is 11.5 Å². The minimum atomic E-state index is -0.736. The first-order chi connectivity index (χ1) is 8.56. The van der Waals surface area contributed by atoms with Crippen molar-refractivity contribution in [2.45, 2.75) is 12.5 Å². The van der Waals surface area contributed by atoms with E-state index < -0.39 is 36.0 Å². The molecule has 2 fully saturated rings. The van der Waals surface area contributed by atoms with Gasteiger partial charge in [-0.05, 0) is 0 Å². The van der Waals surface area contributed by atoms with Gasteiger partial charge in [0, 0.05) is 11.5 Å². The number of carbonyl (C=O) groups excluding carboxylic acids is 4. The van der Waals surface area contributed by atoms with Crippen molar-refractivity contribution in [1.82, 2.24) is 5.32 Å². The molecule has 9 heteroatoms. The number of hydrogen-bond donors (Lipinski definition) is 1. The number of amides is 1. The Morgan fingerprint density at radius 1 is 1.06 bits per heavy atom. The van der Waals surface area contributed by atoms with E-state index in [2.05, 4.69) is 14.8 Å². The second-order valence-corrected chi connectivity index (χ2v) is 6.22. The Morgan fingerprint density at radius 3 is 2.33 bits per heavy atom. The molecule has 0 aromatic rings. The highest BCUT2D eigenvalue weighted by atomic mass is 33.1. The molecule has 1 amide bonds. The van der Waals surface area contributed by atoms with E-state index in [-0.39, 0.29) is 6.42 Å². The molecule has 0 aromatic heterocycles. The molecule has 2 unspecified atom stereocenters. The second-order valence-electron chi connectivity index (χ2n) is 3.67. The molecule has 0 spiro atoms. The lowest BCUT2D eigenvalue weighted by Crippen LogP contribution is -2.30. The highest BCUT2D eigenvalue weighted by molar-refractivity contribution is 8.76. The van der Waals surface area contributed by atoms with E-state index in [1.807, 2.05) is 0 Å². The first-order valence-corrected chi connectivity index (χ1v) is 7.56. The summed E-state index contributed by atoms with van der Waals surface area (Å²) in [5, 5.41) is 2.36. The molecule has 2 aliphatic heterocycles. The monoisotopic (exact) mass is 291 g/mol. The summed E-state index contributed by atoms with van der Waals surface area (Å²) < 4.78 is 8.71. The summed E-state index contributed by atoms with van der Waals surface area (Å²) in [6, 6.07) is -0.646. The Kier molecular flexibility index (Phi) is 4.12. The molecular formula is C9H9NO6S2. The maximum atomic E-state index is 11.1. The van der Waals surface area contributed by atoms with Crippen LogP contribution in [0.2, 0.25) is 0 Å². The number of ether oxygens (including phenoxy) is 2. The summed E-state index contributed by atoms with van der Waals surface area (Å²) in [6.45, 7) is 0. The predicted molar refractivity (Wildman–Crippen MR) is 62.5 cm³/mol. The Hall–Kier alpha value is -1.22. The standard InChI is InChI=1S/C9H9NO6S2/c11-6-1-4(7(12)15-6)2-17-18-3-5-8(13)16-9(14)10-5/h4-5H,1-3H2,(H,10,14). The second kappa shape index (κ2) is 5.61. The lowest BCUT2D eigenvalue weighted by molar-refractivity contribution is -0.153. The van der Waals surface area contributed by atoms with Gasteiger partial charge in [-0.25, -0.2) is 9.59 Å². The molecular weight excluding hydrogens is 282 g/mol. The van der Waals surface area contributed by atoms with Crippen molar-refractivity contribution in [1.29, 1.82) is 0 Å². The Balaban J connectivity index is 1.64. The largest absolute Gasteiger partial charge is 0.415 e. The Bertz CT molecular complexity index is 374. The number of esters is 3. The van der Waals surface area contributed by atoms with Crippen molar-refractivity contribution in [3.8, 4) is 0 Å². The van der Waals surface area contributed by atoms with Crippen LogP contribution in [-0.4, -0.2) is 41.5 Å². The zero-order valence-corrected chi connectivity index (χ0v) is 10.7. The Labute approximate surface area is 110 Å². The van der Waals surface area contributed by atoms with Gasteiger partial charge in [-0.2, -0.15) is 0 Å². The van der Waals surface area contributed by atoms with Crippen molar-refractivity contribution in [3.05, 3.63) is 0 Å². The van der Waals surface area contributed by atoms with Gasteiger partial charge in [0.2, 0.25) is 0 Å². The molecule has 7 nitrogen and oxygen atoms in total. The number of rotatable bonds is 5. The van der Waals surface area contributed by atoms with Gasteiger partial charge in [0.05, 0.1) is 12.3 Å². The Morgan fingerprint density at radius 2 is 1.78 bits per heavy atom. The van der Waals surface area contributed by atoms with Crippen LogP contribution in [0.3, 0.4) is 0 Å². The summed E-state index contributed by atoms with van der Waals surface area (Å²) in [7, 11) is 2.68. The molecule has 0 bridgehead atoms. The third-order valence-electron chi connectivity index (χ3n) is 2.32. The van der Waals surface area contributed by atoms with E-state index in [0.717, 1.165) is 0 Å². The fourth-order valence-electron chi connectivity index (χ4n) is 1.40. The highest BCUT2D eigenvalue weighted by Gasteiger charge is 2.34. The summed E-state index contributed by atoms with van der Waals surface area (Å²) in [6.07, 6.45) is -0.630. The van der Waals surface area contributed by atoms with Crippen LogP contribution in [0.4, 0.5) is 4.79 Å². The average molecular weight is 291 g/mol. The molecule has 0 aliphatic carbocycles. The smallest absolute Gasteiger partial charge is 0.393 e. The van der Waals surface area contributed by atoms with Crippen molar-refractivity contribution in [2.24, 2.45) is 5.92 Å². The van der Waals surface area contributed by atoms with Gasteiger partial charge >= 0.3 is 24.0 Å². The fraction of sp³-hybridized carbons (Fsp3) is 0.556. The molecule has 0 radical (unpaired) electrons. The van der Waals surface area contributed by atoms with Crippen molar-refractivity contribution < 1.29 is 28.7 Å². The van der Waals surface area contributed by atoms with Crippen LogP contribution in [-0.2, 0) is 23.9 Å². The van der Waals surface area contributed by atoms with Crippen LogP contribution < -0.4 is 5.32 Å². The average Bonchev–Trinajstić information content (AvgIpc) is 2.77. The summed E-state index contributed by atoms with van der Waals surface area (Å²) >= 11 is 0. The van der Waals surface area contributed by atoms with E-state index in [1.165, 1.54) is 21.6 Å². The van der Waals surface area contributed by atoms with Crippen molar-refractivity contribution >= 4 is 45.6 Å². The lowest BCUT2D eigenvalue weighted by Gasteiger charge is -2.06. The number of carbonyl (C=O) groups is 4. The van der Waals surface area contributed by atoms with Crippen LogP contribution in [0.1, 0.15) is 6.42 Å². The van der Waals surface area contributed by atoms with Crippen molar-refractivity contribution in [2.75, 3.05) is 11.5 Å². The van der Waals surface area contributed by atoms with Crippen LogP contribution in [0.5, 0.6) is 0 Å². The molecule has 2 aliphatic rings. The molecule has 18 heavy (non-hydrogen) atoms. The van der Waals surface area contributed by atoms with Gasteiger partial charge in [0.25, 0.3) is 0 Å². The molecule has 0 aromatic carbocycles. The molecule has 2 rings (SSSR count). The van der Waals surface area contributed by atoms with Gasteiger partial charge < -0.3 is 14.8 Å². The van der Waals surface area contributed by atoms with Crippen LogP contribution >= 0.6 is 21.6 Å². The third kappa shape index (κ3) is 3.16. The van der Waals surface area contributed by atoms with E-state index in [1.54, 1.807) is 0 Å². The topological polar surface area (TPSA) is 98.8 Å². The SMILES string of the molecule is O=C1CC(CSSCC2NC(=O)OC2=O)C(=O)O1. The minimum absolute atomic E-state index is 0.106. The maximum absolute atomic E-state index is 11.1. The first-order valence-electron chi connectivity index (χ1n) is 5.07. The number of hydrogen-bond acceptors (Lipinski definition) is 8. The molecule has 98 valence electrons. The quantitative estimate of drug-likeness (QED) is 0.329. The summed E-state index contributed by atoms with van der Waals surface area (Å²) in [4.78, 5) is 43.7. The van der Waals surface area contributed by atoms with Gasteiger partial charge in [0.15, 0.2) is 0 Å². The minimum Gasteiger partial charge on any atom is -0.393 e. The predicted octanol–water partition coefficient (Wildman–Crippen LogP) is 0.0925. The van der Waals surface area contributed by atoms with Gasteiger partial charge in [-0.1, -0.05) is 21.6 Å². The molecule has 0 saturated carbocycles. The van der Waals surface area contributed by atoms with Gasteiger partial charge in [-0.15, -0.1) is 0 Å². The van der Waals surface area contributed by atoms with E-state index >= 15 is 0 Å².